The molecular formula is C20H21N3O6S. The van der Waals surface area contributed by atoms with Gasteiger partial charge in [0.05, 0.1) is 36.0 Å². The number of thiazole rings is 1. The lowest BCUT2D eigenvalue weighted by Crippen LogP contribution is -2.19. The normalized spacial score (nSPS) is 11.6. The minimum Gasteiger partial charge on any atom is -0.497 e. The Bertz CT molecular complexity index is 1130. The van der Waals surface area contributed by atoms with Crippen molar-refractivity contribution in [3.63, 3.8) is 0 Å². The van der Waals surface area contributed by atoms with Gasteiger partial charge in [-0.25, -0.2) is 0 Å². The molecule has 0 saturated heterocycles. The Hall–Kier alpha value is -3.24. The van der Waals surface area contributed by atoms with Crippen LogP contribution in [0.5, 0.6) is 11.5 Å². The Balaban J connectivity index is 2.11. The van der Waals surface area contributed by atoms with Gasteiger partial charge in [0.2, 0.25) is 0 Å². The van der Waals surface area contributed by atoms with Crippen LogP contribution in [0.3, 0.4) is 0 Å². The molecule has 0 fully saturated rings. The highest BCUT2D eigenvalue weighted by Crippen LogP contribution is 2.25. The van der Waals surface area contributed by atoms with Crippen molar-refractivity contribution in [2.24, 2.45) is 4.99 Å². The zero-order valence-corrected chi connectivity index (χ0v) is 17.6. The first kappa shape index (κ1) is 21.5. The molecule has 3 aromatic rings. The van der Waals surface area contributed by atoms with Crippen LogP contribution in [0, 0.1) is 10.1 Å². The van der Waals surface area contributed by atoms with Crippen LogP contribution in [-0.4, -0.2) is 42.8 Å². The molecule has 0 radical (unpaired) electrons. The van der Waals surface area contributed by atoms with Gasteiger partial charge in [-0.15, -0.1) is 0 Å². The molecule has 0 unspecified atom stereocenters. The molecule has 1 amide bonds. The van der Waals surface area contributed by atoms with Gasteiger partial charge in [-0.2, -0.15) is 4.99 Å². The number of rotatable bonds is 8. The molecule has 0 aliphatic rings. The largest absolute Gasteiger partial charge is 0.497 e. The number of benzene rings is 2. The van der Waals surface area contributed by atoms with Crippen molar-refractivity contribution in [1.82, 2.24) is 4.57 Å². The van der Waals surface area contributed by atoms with Gasteiger partial charge < -0.3 is 18.8 Å². The lowest BCUT2D eigenvalue weighted by Gasteiger charge is -2.07. The summed E-state index contributed by atoms with van der Waals surface area (Å²) in [5.74, 6) is 0.478. The standard InChI is InChI=1S/C20H21N3O6S/c1-4-29-8-7-22-17-11-14(23(25)26)5-6-18(17)30-20(22)21-19(24)13-9-15(27-2)12-16(10-13)28-3/h5-6,9-12H,4,7-8H2,1-3H3. The van der Waals surface area contributed by atoms with E-state index >= 15 is 0 Å². The Morgan fingerprint density at radius 2 is 1.87 bits per heavy atom. The van der Waals surface area contributed by atoms with E-state index in [9.17, 15) is 14.9 Å². The first-order valence-corrected chi connectivity index (χ1v) is 9.96. The van der Waals surface area contributed by atoms with E-state index in [1.807, 2.05) is 6.92 Å². The summed E-state index contributed by atoms with van der Waals surface area (Å²) >= 11 is 1.28. The summed E-state index contributed by atoms with van der Waals surface area (Å²) in [6.07, 6.45) is 0. The molecule has 1 heterocycles. The predicted molar refractivity (Wildman–Crippen MR) is 112 cm³/mol. The maximum atomic E-state index is 12.9. The molecule has 30 heavy (non-hydrogen) atoms. The van der Waals surface area contributed by atoms with Gasteiger partial charge in [0, 0.05) is 36.9 Å². The summed E-state index contributed by atoms with van der Waals surface area (Å²) in [4.78, 5) is 28.3. The summed E-state index contributed by atoms with van der Waals surface area (Å²) in [5.41, 5.74) is 0.913. The second-order valence-corrected chi connectivity index (χ2v) is 7.17. The highest BCUT2D eigenvalue weighted by Gasteiger charge is 2.14. The fourth-order valence-electron chi connectivity index (χ4n) is 2.85. The summed E-state index contributed by atoms with van der Waals surface area (Å²) in [6, 6.07) is 9.40. The SMILES string of the molecule is CCOCCn1c(=NC(=O)c2cc(OC)cc(OC)c2)sc2ccc([N+](=O)[O-])cc21. The number of non-ortho nitro benzene ring substituents is 1. The molecule has 0 N–H and O–H groups in total. The molecule has 0 aliphatic heterocycles. The molecule has 2 aromatic carbocycles. The van der Waals surface area contributed by atoms with Gasteiger partial charge in [0.25, 0.3) is 11.6 Å². The topological polar surface area (TPSA) is 105 Å². The highest BCUT2D eigenvalue weighted by atomic mass is 32.1. The first-order chi connectivity index (χ1) is 14.5. The lowest BCUT2D eigenvalue weighted by atomic mass is 10.2. The Kier molecular flexibility index (Phi) is 6.80. The third kappa shape index (κ3) is 4.66. The van der Waals surface area contributed by atoms with Gasteiger partial charge in [0.1, 0.15) is 11.5 Å². The van der Waals surface area contributed by atoms with E-state index in [2.05, 4.69) is 4.99 Å². The number of fused-ring (bicyclic) bond motifs is 1. The highest BCUT2D eigenvalue weighted by molar-refractivity contribution is 7.16. The van der Waals surface area contributed by atoms with E-state index in [1.54, 1.807) is 28.8 Å². The summed E-state index contributed by atoms with van der Waals surface area (Å²) in [6.45, 7) is 3.21. The molecule has 0 bridgehead atoms. The van der Waals surface area contributed by atoms with Crippen molar-refractivity contribution in [2.75, 3.05) is 27.4 Å². The van der Waals surface area contributed by atoms with Crippen LogP contribution in [0.2, 0.25) is 0 Å². The molecule has 158 valence electrons. The summed E-state index contributed by atoms with van der Waals surface area (Å²) in [7, 11) is 3.00. The van der Waals surface area contributed by atoms with Crippen LogP contribution >= 0.6 is 11.3 Å². The summed E-state index contributed by atoms with van der Waals surface area (Å²) < 4.78 is 18.4. The third-order valence-electron chi connectivity index (χ3n) is 4.34. The number of carbonyl (C=O) groups excluding carboxylic acids is 1. The molecule has 10 heteroatoms. The fraction of sp³-hybridized carbons (Fsp3) is 0.300. The molecule has 9 nitrogen and oxygen atoms in total. The van der Waals surface area contributed by atoms with Crippen LogP contribution in [0.4, 0.5) is 5.69 Å². The van der Waals surface area contributed by atoms with Crippen molar-refractivity contribution in [2.45, 2.75) is 13.5 Å². The van der Waals surface area contributed by atoms with Gasteiger partial charge in [0.15, 0.2) is 4.80 Å². The van der Waals surface area contributed by atoms with E-state index in [-0.39, 0.29) is 5.69 Å². The zero-order valence-electron chi connectivity index (χ0n) is 16.8. The molecule has 0 saturated carbocycles. The number of nitro benzene ring substituents is 1. The second-order valence-electron chi connectivity index (χ2n) is 6.16. The molecule has 1 aromatic heterocycles. The number of carbonyl (C=O) groups is 1. The van der Waals surface area contributed by atoms with E-state index < -0.39 is 10.8 Å². The van der Waals surface area contributed by atoms with Crippen molar-refractivity contribution in [1.29, 1.82) is 0 Å². The molecule has 0 atom stereocenters. The lowest BCUT2D eigenvalue weighted by molar-refractivity contribution is -0.384. The number of amides is 1. The third-order valence-corrected chi connectivity index (χ3v) is 5.39. The van der Waals surface area contributed by atoms with E-state index in [0.29, 0.717) is 47.1 Å². The van der Waals surface area contributed by atoms with Gasteiger partial charge in [-0.05, 0) is 25.1 Å². The second kappa shape index (κ2) is 9.51. The molecule has 0 spiro atoms. The summed E-state index contributed by atoms with van der Waals surface area (Å²) in [5, 5.41) is 11.2. The zero-order chi connectivity index (χ0) is 21.7. The van der Waals surface area contributed by atoms with Crippen LogP contribution in [0.25, 0.3) is 10.2 Å². The average molecular weight is 431 g/mol. The van der Waals surface area contributed by atoms with Crippen molar-refractivity contribution in [3.05, 3.63) is 56.9 Å². The van der Waals surface area contributed by atoms with Gasteiger partial charge in [-0.1, -0.05) is 11.3 Å². The van der Waals surface area contributed by atoms with Crippen LogP contribution in [-0.2, 0) is 11.3 Å². The van der Waals surface area contributed by atoms with Crippen LogP contribution in [0.15, 0.2) is 41.4 Å². The van der Waals surface area contributed by atoms with Crippen molar-refractivity contribution >= 4 is 33.1 Å². The molecule has 3 rings (SSSR count). The van der Waals surface area contributed by atoms with Crippen molar-refractivity contribution < 1.29 is 23.9 Å². The average Bonchev–Trinajstić information content (AvgIpc) is 3.09. The number of hydrogen-bond donors (Lipinski definition) is 0. The number of nitro groups is 1. The van der Waals surface area contributed by atoms with Crippen LogP contribution < -0.4 is 14.3 Å². The Morgan fingerprint density at radius 1 is 1.17 bits per heavy atom. The monoisotopic (exact) mass is 431 g/mol. The van der Waals surface area contributed by atoms with E-state index in [0.717, 1.165) is 4.70 Å². The smallest absolute Gasteiger partial charge is 0.279 e. The minimum atomic E-state index is -0.474. The van der Waals surface area contributed by atoms with Gasteiger partial charge in [-0.3, -0.25) is 14.9 Å². The number of aromatic nitrogens is 1. The number of nitrogens with zero attached hydrogens (tertiary/aromatic N) is 3. The number of ether oxygens (including phenoxy) is 3. The Morgan fingerprint density at radius 3 is 2.47 bits per heavy atom. The van der Waals surface area contributed by atoms with Crippen molar-refractivity contribution in [3.8, 4) is 11.5 Å². The number of hydrogen-bond acceptors (Lipinski definition) is 7. The van der Waals surface area contributed by atoms with Gasteiger partial charge >= 0.3 is 0 Å². The quantitative estimate of drug-likeness (QED) is 0.307. The maximum absolute atomic E-state index is 12.9. The van der Waals surface area contributed by atoms with E-state index in [1.165, 1.54) is 37.7 Å². The number of methoxy groups -OCH3 is 2. The molecular weight excluding hydrogens is 410 g/mol. The fourth-order valence-corrected chi connectivity index (χ4v) is 3.89. The van der Waals surface area contributed by atoms with E-state index in [4.69, 9.17) is 14.2 Å². The minimum absolute atomic E-state index is 0.0270. The predicted octanol–water partition coefficient (Wildman–Crippen LogP) is 3.41. The first-order valence-electron chi connectivity index (χ1n) is 9.14. The maximum Gasteiger partial charge on any atom is 0.279 e. The Labute approximate surface area is 176 Å². The molecule has 0 aliphatic carbocycles. The van der Waals surface area contributed by atoms with Crippen LogP contribution in [0.1, 0.15) is 17.3 Å².